The van der Waals surface area contributed by atoms with Crippen LogP contribution in [-0.2, 0) is 4.79 Å². The first-order valence-corrected chi connectivity index (χ1v) is 4.58. The molecule has 1 unspecified atom stereocenters. The summed E-state index contributed by atoms with van der Waals surface area (Å²) in [5.41, 5.74) is 0. The number of carbonyl (C=O) groups is 1. The van der Waals surface area contributed by atoms with Crippen LogP contribution in [0.5, 0.6) is 0 Å². The summed E-state index contributed by atoms with van der Waals surface area (Å²) in [5.74, 6) is -1.22. The van der Waals surface area contributed by atoms with Crippen LogP contribution in [0.3, 0.4) is 0 Å². The third-order valence-electron chi connectivity index (χ3n) is 2.73. The van der Waals surface area contributed by atoms with Gasteiger partial charge in [-0.2, -0.15) is 13.2 Å². The molecule has 3 atom stereocenters. The fourth-order valence-electron chi connectivity index (χ4n) is 1.91. The van der Waals surface area contributed by atoms with Gasteiger partial charge in [0.2, 0.25) is 0 Å². The van der Waals surface area contributed by atoms with E-state index in [1.54, 1.807) is 0 Å². The zero-order chi connectivity index (χ0) is 10.3. The molecule has 6 heteroatoms. The predicted octanol–water partition coefficient (Wildman–Crippen LogP) is 0.415. The summed E-state index contributed by atoms with van der Waals surface area (Å²) in [4.78, 5) is 10.5. The summed E-state index contributed by atoms with van der Waals surface area (Å²) in [5, 5.41) is 5.03. The largest absolute Gasteiger partial charge is 0.471 e. The first kappa shape index (κ1) is 9.76. The standard InChI is InChI=1S/C8H11F3N2O/c9-8(10,11)7(14)12-3-5-1-4-2-6(4)13-5/h4-6,13H,1-3H2,(H,12,14)/t4-,5+,6?/m1/s1. The maximum Gasteiger partial charge on any atom is 0.471 e. The molecule has 0 radical (unpaired) electrons. The summed E-state index contributed by atoms with van der Waals surface area (Å²) >= 11 is 0. The molecule has 0 spiro atoms. The minimum atomic E-state index is -4.76. The number of rotatable bonds is 2. The molecule has 2 rings (SSSR count). The van der Waals surface area contributed by atoms with Crippen molar-refractivity contribution in [2.75, 3.05) is 6.54 Å². The molecule has 1 saturated heterocycles. The Morgan fingerprint density at radius 3 is 2.64 bits per heavy atom. The number of hydrogen-bond donors (Lipinski definition) is 2. The topological polar surface area (TPSA) is 41.1 Å². The highest BCUT2D eigenvalue weighted by Crippen LogP contribution is 2.40. The molecule has 0 aromatic rings. The van der Waals surface area contributed by atoms with Crippen molar-refractivity contribution in [3.8, 4) is 0 Å². The van der Waals surface area contributed by atoms with Crippen LogP contribution < -0.4 is 10.6 Å². The van der Waals surface area contributed by atoms with Crippen LogP contribution in [0.25, 0.3) is 0 Å². The summed E-state index contributed by atoms with van der Waals surface area (Å²) in [6, 6.07) is 0.507. The van der Waals surface area contributed by atoms with E-state index in [4.69, 9.17) is 0 Å². The van der Waals surface area contributed by atoms with E-state index < -0.39 is 12.1 Å². The van der Waals surface area contributed by atoms with E-state index >= 15 is 0 Å². The first-order chi connectivity index (χ1) is 6.47. The Hall–Kier alpha value is -0.780. The highest BCUT2D eigenvalue weighted by atomic mass is 19.4. The van der Waals surface area contributed by atoms with Crippen molar-refractivity contribution in [1.82, 2.24) is 10.6 Å². The Kier molecular flexibility index (Phi) is 2.17. The second-order valence-corrected chi connectivity index (χ2v) is 3.91. The van der Waals surface area contributed by atoms with Crippen molar-refractivity contribution in [2.24, 2.45) is 5.92 Å². The van der Waals surface area contributed by atoms with Gasteiger partial charge >= 0.3 is 12.1 Å². The minimum Gasteiger partial charge on any atom is -0.347 e. The number of nitrogens with one attached hydrogen (secondary N) is 2. The van der Waals surface area contributed by atoms with Crippen molar-refractivity contribution in [2.45, 2.75) is 31.1 Å². The van der Waals surface area contributed by atoms with Crippen LogP contribution >= 0.6 is 0 Å². The molecule has 80 valence electrons. The second kappa shape index (κ2) is 3.12. The molecule has 1 aliphatic carbocycles. The molecule has 14 heavy (non-hydrogen) atoms. The molecule has 1 heterocycles. The summed E-state index contributed by atoms with van der Waals surface area (Å²) in [6.45, 7) is 0.0747. The molecule has 1 aliphatic heterocycles. The van der Waals surface area contributed by atoms with Crippen molar-refractivity contribution >= 4 is 5.91 Å². The second-order valence-electron chi connectivity index (χ2n) is 3.91. The maximum atomic E-state index is 11.8. The van der Waals surface area contributed by atoms with Gasteiger partial charge in [-0.25, -0.2) is 0 Å². The summed E-state index contributed by atoms with van der Waals surface area (Å²) in [6.07, 6.45) is -2.76. The van der Waals surface area contributed by atoms with Crippen LogP contribution in [-0.4, -0.2) is 30.7 Å². The van der Waals surface area contributed by atoms with Gasteiger partial charge in [0, 0.05) is 18.6 Å². The summed E-state index contributed by atoms with van der Waals surface area (Å²) in [7, 11) is 0. The highest BCUT2D eigenvalue weighted by molar-refractivity contribution is 5.81. The third-order valence-corrected chi connectivity index (χ3v) is 2.73. The fourth-order valence-corrected chi connectivity index (χ4v) is 1.91. The van der Waals surface area contributed by atoms with Crippen molar-refractivity contribution in [3.05, 3.63) is 0 Å². The van der Waals surface area contributed by atoms with Gasteiger partial charge in [-0.1, -0.05) is 0 Å². The lowest BCUT2D eigenvalue weighted by atomic mass is 10.2. The molecule has 0 aromatic carbocycles. The Morgan fingerprint density at radius 1 is 1.43 bits per heavy atom. The molecule has 1 amide bonds. The molecule has 2 aliphatic rings. The van der Waals surface area contributed by atoms with Gasteiger partial charge in [-0.15, -0.1) is 0 Å². The van der Waals surface area contributed by atoms with Gasteiger partial charge in [0.25, 0.3) is 0 Å². The molecular weight excluding hydrogens is 197 g/mol. The van der Waals surface area contributed by atoms with E-state index in [1.165, 1.54) is 0 Å². The van der Waals surface area contributed by atoms with E-state index in [1.807, 2.05) is 5.32 Å². The van der Waals surface area contributed by atoms with E-state index in [-0.39, 0.29) is 12.6 Å². The smallest absolute Gasteiger partial charge is 0.347 e. The van der Waals surface area contributed by atoms with Crippen molar-refractivity contribution in [1.29, 1.82) is 0 Å². The average Bonchev–Trinajstić information content (AvgIpc) is 2.68. The molecule has 2 N–H and O–H groups in total. The lowest BCUT2D eigenvalue weighted by Crippen LogP contribution is -2.44. The number of fused-ring (bicyclic) bond motifs is 1. The number of halogens is 3. The van der Waals surface area contributed by atoms with Gasteiger partial charge in [0.15, 0.2) is 0 Å². The summed E-state index contributed by atoms with van der Waals surface area (Å²) < 4.78 is 35.3. The SMILES string of the molecule is O=C(NC[C@@H]1C[C@@H]2CC2N1)C(F)(F)F. The van der Waals surface area contributed by atoms with Crippen LogP contribution in [0.4, 0.5) is 13.2 Å². The average molecular weight is 208 g/mol. The van der Waals surface area contributed by atoms with Gasteiger partial charge < -0.3 is 10.6 Å². The van der Waals surface area contributed by atoms with E-state index in [0.29, 0.717) is 12.0 Å². The third kappa shape index (κ3) is 2.00. The number of amides is 1. The Labute approximate surface area is 79.0 Å². The van der Waals surface area contributed by atoms with Gasteiger partial charge in [-0.3, -0.25) is 4.79 Å². The number of alkyl halides is 3. The monoisotopic (exact) mass is 208 g/mol. The van der Waals surface area contributed by atoms with Gasteiger partial charge in [-0.05, 0) is 18.8 Å². The normalized spacial score (nSPS) is 35.2. The van der Waals surface area contributed by atoms with E-state index in [0.717, 1.165) is 12.8 Å². The van der Waals surface area contributed by atoms with Crippen LogP contribution in [0.2, 0.25) is 0 Å². The molecular formula is C8H11F3N2O. The zero-order valence-corrected chi connectivity index (χ0v) is 7.40. The van der Waals surface area contributed by atoms with Gasteiger partial charge in [0.1, 0.15) is 0 Å². The lowest BCUT2D eigenvalue weighted by molar-refractivity contribution is -0.173. The maximum absolute atomic E-state index is 11.8. The quantitative estimate of drug-likeness (QED) is 0.690. The predicted molar refractivity (Wildman–Crippen MR) is 42.5 cm³/mol. The number of hydrogen-bond acceptors (Lipinski definition) is 2. The molecule has 1 saturated carbocycles. The zero-order valence-electron chi connectivity index (χ0n) is 7.40. The number of piperidine rings is 1. The molecule has 0 aromatic heterocycles. The highest BCUT2D eigenvalue weighted by Gasteiger charge is 2.46. The van der Waals surface area contributed by atoms with Crippen molar-refractivity contribution in [3.63, 3.8) is 0 Å². The van der Waals surface area contributed by atoms with E-state index in [9.17, 15) is 18.0 Å². The number of carbonyl (C=O) groups excluding carboxylic acids is 1. The lowest BCUT2D eigenvalue weighted by Gasteiger charge is -2.14. The molecule has 2 fully saturated rings. The Morgan fingerprint density at radius 2 is 2.14 bits per heavy atom. The Balaban J connectivity index is 1.70. The first-order valence-electron chi connectivity index (χ1n) is 4.58. The molecule has 0 bridgehead atoms. The molecule has 3 nitrogen and oxygen atoms in total. The van der Waals surface area contributed by atoms with Gasteiger partial charge in [0.05, 0.1) is 0 Å². The fraction of sp³-hybridized carbons (Fsp3) is 0.875. The van der Waals surface area contributed by atoms with E-state index in [2.05, 4.69) is 5.32 Å². The van der Waals surface area contributed by atoms with Crippen molar-refractivity contribution < 1.29 is 18.0 Å². The van der Waals surface area contributed by atoms with Crippen LogP contribution in [0.15, 0.2) is 0 Å². The minimum absolute atomic E-state index is 0.0186. The van der Waals surface area contributed by atoms with Crippen LogP contribution in [0.1, 0.15) is 12.8 Å². The Bertz CT molecular complexity index is 243. The van der Waals surface area contributed by atoms with Crippen LogP contribution in [0, 0.1) is 5.92 Å².